The number of aromatic nitrogens is 1. The van der Waals surface area contributed by atoms with Crippen LogP contribution in [0, 0.1) is 13.8 Å². The monoisotopic (exact) mass is 461 g/mol. The molecule has 2 aromatic heterocycles. The SMILES string of the molecule is COC(=O)c1c(C)c(C(=O)C(C)N(CCN2CCOCC2)C(=O)c2cccs2)c(C)n1C. The van der Waals surface area contributed by atoms with Crippen LogP contribution >= 0.6 is 11.3 Å². The highest BCUT2D eigenvalue weighted by Crippen LogP contribution is 2.25. The third kappa shape index (κ3) is 4.79. The van der Waals surface area contributed by atoms with E-state index in [1.54, 1.807) is 43.4 Å². The Morgan fingerprint density at radius 1 is 1.25 bits per heavy atom. The van der Waals surface area contributed by atoms with E-state index < -0.39 is 12.0 Å². The molecule has 1 aliphatic rings. The van der Waals surface area contributed by atoms with Gasteiger partial charge in [-0.1, -0.05) is 6.07 Å². The molecule has 9 heteroatoms. The third-order valence-corrected chi connectivity index (χ3v) is 7.01. The van der Waals surface area contributed by atoms with Crippen molar-refractivity contribution in [1.29, 1.82) is 0 Å². The van der Waals surface area contributed by atoms with Crippen molar-refractivity contribution >= 4 is 29.0 Å². The zero-order valence-electron chi connectivity index (χ0n) is 19.3. The van der Waals surface area contributed by atoms with E-state index in [4.69, 9.17) is 9.47 Å². The van der Waals surface area contributed by atoms with Crippen molar-refractivity contribution in [2.45, 2.75) is 26.8 Å². The molecule has 3 heterocycles. The molecule has 1 fully saturated rings. The Morgan fingerprint density at radius 3 is 2.53 bits per heavy atom. The van der Waals surface area contributed by atoms with Gasteiger partial charge >= 0.3 is 5.97 Å². The smallest absolute Gasteiger partial charge is 0.354 e. The average Bonchev–Trinajstić information content (AvgIpc) is 3.41. The van der Waals surface area contributed by atoms with Gasteiger partial charge in [0.1, 0.15) is 5.69 Å². The maximum atomic E-state index is 13.6. The molecule has 3 rings (SSSR count). The van der Waals surface area contributed by atoms with Crippen molar-refractivity contribution in [2.24, 2.45) is 7.05 Å². The largest absolute Gasteiger partial charge is 0.464 e. The van der Waals surface area contributed by atoms with E-state index in [2.05, 4.69) is 4.90 Å². The molecule has 0 N–H and O–H groups in total. The fourth-order valence-electron chi connectivity index (χ4n) is 4.16. The van der Waals surface area contributed by atoms with E-state index in [1.165, 1.54) is 18.4 Å². The Morgan fingerprint density at radius 2 is 1.94 bits per heavy atom. The summed E-state index contributed by atoms with van der Waals surface area (Å²) in [6.07, 6.45) is 0. The first-order valence-electron chi connectivity index (χ1n) is 10.7. The number of carbonyl (C=O) groups is 3. The van der Waals surface area contributed by atoms with Gasteiger partial charge in [-0.05, 0) is 37.8 Å². The van der Waals surface area contributed by atoms with Gasteiger partial charge in [0, 0.05) is 44.5 Å². The minimum atomic E-state index is -0.684. The number of rotatable bonds is 8. The fourth-order valence-corrected chi connectivity index (χ4v) is 4.84. The summed E-state index contributed by atoms with van der Waals surface area (Å²) in [5, 5.41) is 1.86. The van der Waals surface area contributed by atoms with Crippen molar-refractivity contribution in [3.05, 3.63) is 44.9 Å². The van der Waals surface area contributed by atoms with Crippen LogP contribution in [0.1, 0.15) is 48.7 Å². The number of thiophene rings is 1. The van der Waals surface area contributed by atoms with Gasteiger partial charge in [-0.15, -0.1) is 11.3 Å². The fraction of sp³-hybridized carbons (Fsp3) is 0.522. The number of carbonyl (C=O) groups excluding carboxylic acids is 3. The highest BCUT2D eigenvalue weighted by Gasteiger charge is 2.33. The number of morpholine rings is 1. The Labute approximate surface area is 192 Å². The number of nitrogens with zero attached hydrogens (tertiary/aromatic N) is 3. The van der Waals surface area contributed by atoms with Crippen LogP contribution in [0.4, 0.5) is 0 Å². The molecule has 0 aromatic carbocycles. The molecule has 174 valence electrons. The number of methoxy groups -OCH3 is 1. The van der Waals surface area contributed by atoms with E-state index >= 15 is 0 Å². The van der Waals surface area contributed by atoms with Crippen LogP contribution in [0.15, 0.2) is 17.5 Å². The van der Waals surface area contributed by atoms with Gasteiger partial charge in [-0.25, -0.2) is 4.79 Å². The molecule has 1 amide bonds. The summed E-state index contributed by atoms with van der Waals surface area (Å²) in [6.45, 7) is 9.37. The topological polar surface area (TPSA) is 81.1 Å². The molecule has 0 saturated carbocycles. The minimum Gasteiger partial charge on any atom is -0.464 e. The summed E-state index contributed by atoms with van der Waals surface area (Å²) in [7, 11) is 3.06. The molecule has 0 aliphatic carbocycles. The maximum Gasteiger partial charge on any atom is 0.354 e. The summed E-state index contributed by atoms with van der Waals surface area (Å²) >= 11 is 1.36. The van der Waals surface area contributed by atoms with Crippen LogP contribution in [-0.4, -0.2) is 84.6 Å². The van der Waals surface area contributed by atoms with Crippen molar-refractivity contribution in [1.82, 2.24) is 14.4 Å². The van der Waals surface area contributed by atoms with E-state index in [0.29, 0.717) is 53.7 Å². The maximum absolute atomic E-state index is 13.6. The highest BCUT2D eigenvalue weighted by molar-refractivity contribution is 7.12. The quantitative estimate of drug-likeness (QED) is 0.444. The predicted molar refractivity (Wildman–Crippen MR) is 123 cm³/mol. The molecular weight excluding hydrogens is 430 g/mol. The van der Waals surface area contributed by atoms with E-state index in [1.807, 2.05) is 11.4 Å². The van der Waals surface area contributed by atoms with Gasteiger partial charge in [0.15, 0.2) is 5.78 Å². The first-order valence-corrected chi connectivity index (χ1v) is 11.6. The zero-order valence-corrected chi connectivity index (χ0v) is 20.2. The molecule has 1 atom stereocenters. The van der Waals surface area contributed by atoms with Gasteiger partial charge in [-0.2, -0.15) is 0 Å². The Kier molecular flexibility index (Phi) is 7.86. The van der Waals surface area contributed by atoms with Gasteiger partial charge in [-0.3, -0.25) is 14.5 Å². The standard InChI is InChI=1S/C23H31N3O5S/c1-15-19(16(2)24(4)20(15)23(29)30-5)21(27)17(3)26(22(28)18-7-6-14-32-18)9-8-25-10-12-31-13-11-25/h6-7,14,17H,8-13H2,1-5H3. The first kappa shape index (κ1) is 24.2. The minimum absolute atomic E-state index is 0.159. The van der Waals surface area contributed by atoms with Crippen LogP contribution in [0.5, 0.6) is 0 Å². The molecule has 0 spiro atoms. The van der Waals surface area contributed by atoms with E-state index in [-0.39, 0.29) is 11.7 Å². The lowest BCUT2D eigenvalue weighted by Crippen LogP contribution is -2.48. The summed E-state index contributed by atoms with van der Waals surface area (Å²) in [6, 6.07) is 2.93. The second-order valence-electron chi connectivity index (χ2n) is 7.95. The van der Waals surface area contributed by atoms with E-state index in [0.717, 1.165) is 13.1 Å². The van der Waals surface area contributed by atoms with Gasteiger partial charge in [0.05, 0.1) is 31.2 Å². The van der Waals surface area contributed by atoms with Crippen molar-refractivity contribution < 1.29 is 23.9 Å². The molecule has 1 aliphatic heterocycles. The number of amides is 1. The number of hydrogen-bond donors (Lipinski definition) is 0. The van der Waals surface area contributed by atoms with Crippen LogP contribution < -0.4 is 0 Å². The molecule has 0 bridgehead atoms. The second kappa shape index (κ2) is 10.4. The Hall–Kier alpha value is -2.49. The molecule has 8 nitrogen and oxygen atoms in total. The van der Waals surface area contributed by atoms with Crippen LogP contribution in [0.2, 0.25) is 0 Å². The number of ether oxygens (including phenoxy) is 2. The molecule has 1 saturated heterocycles. The van der Waals surface area contributed by atoms with Crippen LogP contribution in [0.3, 0.4) is 0 Å². The lowest BCUT2D eigenvalue weighted by atomic mass is 9.99. The van der Waals surface area contributed by atoms with Gasteiger partial charge in [0.25, 0.3) is 5.91 Å². The van der Waals surface area contributed by atoms with Gasteiger partial charge < -0.3 is 18.9 Å². The lowest BCUT2D eigenvalue weighted by Gasteiger charge is -2.32. The Bertz CT molecular complexity index is 976. The number of esters is 1. The first-order chi connectivity index (χ1) is 15.3. The zero-order chi connectivity index (χ0) is 23.4. The summed E-state index contributed by atoms with van der Waals surface area (Å²) < 4.78 is 12.0. The third-order valence-electron chi connectivity index (χ3n) is 6.16. The molecular formula is C23H31N3O5S. The number of hydrogen-bond acceptors (Lipinski definition) is 7. The second-order valence-corrected chi connectivity index (χ2v) is 8.90. The summed E-state index contributed by atoms with van der Waals surface area (Å²) in [5.74, 6) is -0.829. The summed E-state index contributed by atoms with van der Waals surface area (Å²) in [5.41, 5.74) is 2.07. The molecule has 32 heavy (non-hydrogen) atoms. The van der Waals surface area contributed by atoms with Crippen molar-refractivity contribution in [3.63, 3.8) is 0 Å². The average molecular weight is 462 g/mol. The van der Waals surface area contributed by atoms with Crippen molar-refractivity contribution in [2.75, 3.05) is 46.5 Å². The lowest BCUT2D eigenvalue weighted by molar-refractivity contribution is 0.0298. The highest BCUT2D eigenvalue weighted by atomic mass is 32.1. The normalized spacial score (nSPS) is 15.4. The Balaban J connectivity index is 1.89. The number of ketones is 1. The van der Waals surface area contributed by atoms with Gasteiger partial charge in [0.2, 0.25) is 0 Å². The molecule has 2 aromatic rings. The van der Waals surface area contributed by atoms with Crippen LogP contribution in [-0.2, 0) is 16.5 Å². The van der Waals surface area contributed by atoms with Crippen LogP contribution in [0.25, 0.3) is 0 Å². The molecule has 1 unspecified atom stereocenters. The summed E-state index contributed by atoms with van der Waals surface area (Å²) in [4.78, 5) is 43.7. The van der Waals surface area contributed by atoms with E-state index in [9.17, 15) is 14.4 Å². The predicted octanol–water partition coefficient (Wildman–Crippen LogP) is 2.54. The number of Topliss-reactive ketones (excluding diaryl/α,β-unsaturated/α-hetero) is 1. The van der Waals surface area contributed by atoms with Crippen molar-refractivity contribution in [3.8, 4) is 0 Å². The molecule has 0 radical (unpaired) electrons.